The minimum absolute atomic E-state index is 0.183. The highest BCUT2D eigenvalue weighted by Gasteiger charge is 2.49. The Morgan fingerprint density at radius 3 is 3.14 bits per heavy atom. The van der Waals surface area contributed by atoms with E-state index in [2.05, 4.69) is 29.0 Å². The average Bonchev–Trinajstić information content (AvgIpc) is 2.70. The summed E-state index contributed by atoms with van der Waals surface area (Å²) in [5, 5.41) is 4.17. The van der Waals surface area contributed by atoms with Crippen molar-refractivity contribution < 1.29 is 4.79 Å². The van der Waals surface area contributed by atoms with Crippen molar-refractivity contribution in [3.8, 4) is 0 Å². The van der Waals surface area contributed by atoms with Crippen molar-refractivity contribution in [2.45, 2.75) is 18.8 Å². The predicted octanol–water partition coefficient (Wildman–Crippen LogP) is 3.00. The fraction of sp³-hybridized carbons (Fsp3) is 0.417. The van der Waals surface area contributed by atoms with Gasteiger partial charge >= 0.3 is 0 Å². The van der Waals surface area contributed by atoms with E-state index >= 15 is 0 Å². The van der Waals surface area contributed by atoms with Crippen molar-refractivity contribution in [3.05, 3.63) is 34.5 Å². The predicted molar refractivity (Wildman–Crippen MR) is 57.4 cm³/mol. The zero-order chi connectivity index (χ0) is 9.54. The zero-order valence-electron chi connectivity index (χ0n) is 7.85. The number of hydrogen-bond acceptors (Lipinski definition) is 2. The van der Waals surface area contributed by atoms with Gasteiger partial charge in [-0.05, 0) is 35.2 Å². The molecule has 72 valence electrons. The Labute approximate surface area is 87.5 Å². The fourth-order valence-corrected chi connectivity index (χ4v) is 3.37. The van der Waals surface area contributed by atoms with Crippen LogP contribution < -0.4 is 0 Å². The van der Waals surface area contributed by atoms with Crippen molar-refractivity contribution >= 4 is 17.1 Å². The molecule has 0 amide bonds. The van der Waals surface area contributed by atoms with Gasteiger partial charge in [-0.25, -0.2) is 0 Å². The van der Waals surface area contributed by atoms with Crippen LogP contribution in [0, 0.1) is 11.8 Å². The van der Waals surface area contributed by atoms with E-state index in [4.69, 9.17) is 0 Å². The Kier molecular flexibility index (Phi) is 1.84. The van der Waals surface area contributed by atoms with E-state index in [-0.39, 0.29) is 5.92 Å². The number of ketones is 1. The molecule has 0 aromatic carbocycles. The van der Waals surface area contributed by atoms with Gasteiger partial charge in [0.25, 0.3) is 0 Å². The van der Waals surface area contributed by atoms with Gasteiger partial charge < -0.3 is 0 Å². The van der Waals surface area contributed by atoms with Gasteiger partial charge in [-0.2, -0.15) is 11.3 Å². The van der Waals surface area contributed by atoms with Crippen LogP contribution in [0.3, 0.4) is 0 Å². The summed E-state index contributed by atoms with van der Waals surface area (Å²) >= 11 is 1.68. The molecule has 1 fully saturated rings. The largest absolute Gasteiger partial charge is 0.299 e. The lowest BCUT2D eigenvalue weighted by atomic mass is 9.58. The van der Waals surface area contributed by atoms with Gasteiger partial charge in [0.15, 0.2) is 0 Å². The van der Waals surface area contributed by atoms with E-state index in [1.165, 1.54) is 5.56 Å². The zero-order valence-corrected chi connectivity index (χ0v) is 8.67. The number of allylic oxidation sites excluding steroid dienone is 2. The normalized spacial score (nSPS) is 35.1. The molecule has 0 radical (unpaired) electrons. The van der Waals surface area contributed by atoms with E-state index < -0.39 is 0 Å². The smallest absolute Gasteiger partial charge is 0.144 e. The van der Waals surface area contributed by atoms with Crippen LogP contribution in [0.25, 0.3) is 0 Å². The minimum atomic E-state index is 0.183. The van der Waals surface area contributed by atoms with Crippen molar-refractivity contribution in [3.63, 3.8) is 0 Å². The highest BCUT2D eigenvalue weighted by atomic mass is 32.1. The summed E-state index contributed by atoms with van der Waals surface area (Å²) in [6.45, 7) is 0. The second-order valence-electron chi connectivity index (χ2n) is 4.13. The molecule has 2 aliphatic carbocycles. The third-order valence-electron chi connectivity index (χ3n) is 3.43. The quantitative estimate of drug-likeness (QED) is 0.643. The molecule has 2 aliphatic rings. The molecule has 1 saturated carbocycles. The molecule has 14 heavy (non-hydrogen) atoms. The molecular weight excluding hydrogens is 192 g/mol. The number of thiophene rings is 1. The number of hydrogen-bond donors (Lipinski definition) is 0. The Balaban J connectivity index is 1.92. The van der Waals surface area contributed by atoms with Gasteiger partial charge in [0, 0.05) is 11.8 Å². The van der Waals surface area contributed by atoms with Crippen molar-refractivity contribution in [1.82, 2.24) is 0 Å². The molecule has 0 N–H and O–H groups in total. The molecule has 0 spiro atoms. The third kappa shape index (κ3) is 1.04. The minimum Gasteiger partial charge on any atom is -0.299 e. The number of carbonyl (C=O) groups excluding carboxylic acids is 1. The van der Waals surface area contributed by atoms with E-state index in [1.54, 1.807) is 11.3 Å². The monoisotopic (exact) mass is 204 g/mol. The first-order valence-corrected chi connectivity index (χ1v) is 6.04. The lowest BCUT2D eigenvalue weighted by Crippen LogP contribution is -2.45. The molecule has 0 bridgehead atoms. The van der Waals surface area contributed by atoms with Gasteiger partial charge in [0.2, 0.25) is 0 Å². The summed E-state index contributed by atoms with van der Waals surface area (Å²) in [5.41, 5.74) is 1.23. The molecule has 0 aliphatic heterocycles. The van der Waals surface area contributed by atoms with Crippen LogP contribution >= 0.6 is 11.3 Å². The van der Waals surface area contributed by atoms with Gasteiger partial charge in [-0.15, -0.1) is 0 Å². The van der Waals surface area contributed by atoms with Crippen molar-refractivity contribution in [2.24, 2.45) is 11.8 Å². The Morgan fingerprint density at radius 1 is 1.43 bits per heavy atom. The maximum Gasteiger partial charge on any atom is 0.144 e. The summed E-state index contributed by atoms with van der Waals surface area (Å²) in [4.78, 5) is 11.9. The van der Waals surface area contributed by atoms with Crippen molar-refractivity contribution in [1.29, 1.82) is 0 Å². The van der Waals surface area contributed by atoms with Gasteiger partial charge in [0.05, 0.1) is 5.92 Å². The third-order valence-corrected chi connectivity index (χ3v) is 4.13. The summed E-state index contributed by atoms with van der Waals surface area (Å²) in [5.74, 6) is 1.50. The highest BCUT2D eigenvalue weighted by Crippen LogP contribution is 2.49. The van der Waals surface area contributed by atoms with E-state index in [0.717, 1.165) is 12.8 Å². The van der Waals surface area contributed by atoms with Gasteiger partial charge in [0.1, 0.15) is 5.78 Å². The van der Waals surface area contributed by atoms with Crippen molar-refractivity contribution in [2.75, 3.05) is 0 Å². The van der Waals surface area contributed by atoms with Gasteiger partial charge in [-0.3, -0.25) is 4.79 Å². The molecule has 1 aromatic rings. The average molecular weight is 204 g/mol. The fourth-order valence-electron chi connectivity index (χ4n) is 2.67. The van der Waals surface area contributed by atoms with Crippen LogP contribution in [0.2, 0.25) is 0 Å². The van der Waals surface area contributed by atoms with Crippen LogP contribution in [-0.4, -0.2) is 5.78 Å². The first kappa shape index (κ1) is 8.42. The topological polar surface area (TPSA) is 17.1 Å². The standard InChI is InChI=1S/C12H12OS/c13-12-10-4-2-1-3-9(10)11(12)8-5-6-14-7-8/h1,3,5-7,9-11H,2,4H2/t9-,10+,11?/m1/s1. The van der Waals surface area contributed by atoms with Crippen LogP contribution in [0.4, 0.5) is 0 Å². The highest BCUT2D eigenvalue weighted by molar-refractivity contribution is 7.08. The molecule has 1 nitrogen and oxygen atoms in total. The SMILES string of the molecule is O=C1C(c2ccsc2)[C@@H]2C=CCC[C@H]12. The van der Waals surface area contributed by atoms with Crippen LogP contribution in [-0.2, 0) is 4.79 Å². The molecule has 3 atom stereocenters. The molecule has 0 saturated heterocycles. The Bertz CT molecular complexity index is 377. The molecule has 1 heterocycles. The lowest BCUT2D eigenvalue weighted by molar-refractivity contribution is -0.136. The van der Waals surface area contributed by atoms with E-state index in [1.807, 2.05) is 0 Å². The van der Waals surface area contributed by atoms with Crippen LogP contribution in [0.5, 0.6) is 0 Å². The van der Waals surface area contributed by atoms with Crippen LogP contribution in [0.1, 0.15) is 24.3 Å². The summed E-state index contributed by atoms with van der Waals surface area (Å²) in [6, 6.07) is 2.09. The second kappa shape index (κ2) is 3.06. The molecule has 1 aromatic heterocycles. The number of rotatable bonds is 1. The maximum atomic E-state index is 11.9. The first-order valence-electron chi connectivity index (χ1n) is 5.10. The Hall–Kier alpha value is -0.890. The summed E-state index contributed by atoms with van der Waals surface area (Å²) in [7, 11) is 0. The number of carbonyl (C=O) groups is 1. The molecule has 1 unspecified atom stereocenters. The molecule has 2 heteroatoms. The summed E-state index contributed by atoms with van der Waals surface area (Å²) in [6.07, 6.45) is 6.63. The second-order valence-corrected chi connectivity index (χ2v) is 4.91. The van der Waals surface area contributed by atoms with Gasteiger partial charge in [-0.1, -0.05) is 12.2 Å². The lowest BCUT2D eigenvalue weighted by Gasteiger charge is -2.43. The van der Waals surface area contributed by atoms with E-state index in [0.29, 0.717) is 17.6 Å². The number of Topliss-reactive ketones (excluding diaryl/α,β-unsaturated/α-hetero) is 1. The molecular formula is C12H12OS. The maximum absolute atomic E-state index is 11.9. The first-order chi connectivity index (χ1) is 6.88. The number of fused-ring (bicyclic) bond motifs is 1. The van der Waals surface area contributed by atoms with E-state index in [9.17, 15) is 4.79 Å². The Morgan fingerprint density at radius 2 is 2.36 bits per heavy atom. The van der Waals surface area contributed by atoms with Crippen LogP contribution in [0.15, 0.2) is 29.0 Å². The summed E-state index contributed by atoms with van der Waals surface area (Å²) < 4.78 is 0. The molecule has 3 rings (SSSR count).